The van der Waals surface area contributed by atoms with E-state index in [2.05, 4.69) is 0 Å². The Kier molecular flexibility index (Phi) is 1.98. The molecule has 0 radical (unpaired) electrons. The molecule has 0 fully saturated rings. The number of para-hydroxylation sites is 2. The van der Waals surface area contributed by atoms with E-state index < -0.39 is 42.3 Å². The molecular formula is C32H20O. The summed E-state index contributed by atoms with van der Waals surface area (Å²) < 4.78 is 125. The van der Waals surface area contributed by atoms with Crippen LogP contribution in [0, 0.1) is 0 Å². The first-order chi connectivity index (χ1) is 22.1. The molecule has 0 aliphatic rings. The van der Waals surface area contributed by atoms with Crippen LogP contribution in [0.4, 0.5) is 0 Å². The molecule has 0 aliphatic heterocycles. The highest BCUT2D eigenvalue weighted by molar-refractivity contribution is 6.24. The number of furan rings is 1. The first kappa shape index (κ1) is 9.25. The molecule has 0 N–H and O–H groups in total. The molecule has 1 heterocycles. The van der Waals surface area contributed by atoms with Gasteiger partial charge in [0.25, 0.3) is 0 Å². The van der Waals surface area contributed by atoms with Gasteiger partial charge in [0.2, 0.25) is 0 Å². The largest absolute Gasteiger partial charge is 0.455 e. The molecule has 0 amide bonds. The third-order valence-electron chi connectivity index (χ3n) is 5.77. The third-order valence-corrected chi connectivity index (χ3v) is 5.77. The molecule has 0 atom stereocenters. The van der Waals surface area contributed by atoms with Gasteiger partial charge in [0.05, 0.1) is 19.2 Å². The van der Waals surface area contributed by atoms with E-state index in [-0.39, 0.29) is 86.1 Å². The maximum atomic E-state index is 9.09. The van der Waals surface area contributed by atoms with Crippen LogP contribution >= 0.6 is 0 Å². The van der Waals surface area contributed by atoms with Gasteiger partial charge in [-0.2, -0.15) is 0 Å². The second-order valence-corrected chi connectivity index (χ2v) is 7.48. The second-order valence-electron chi connectivity index (χ2n) is 7.48. The molecule has 0 aliphatic carbocycles. The molecule has 0 unspecified atom stereocenters. The lowest BCUT2D eigenvalue weighted by atomic mass is 9.85. The number of rotatable bonds is 2. The van der Waals surface area contributed by atoms with Crippen LogP contribution in [0.2, 0.25) is 0 Å². The summed E-state index contributed by atoms with van der Waals surface area (Å²) in [6.45, 7) is 0. The Bertz CT molecular complexity index is 2480. The molecule has 6 aromatic carbocycles. The van der Waals surface area contributed by atoms with E-state index in [0.29, 0.717) is 21.9 Å². The summed E-state index contributed by atoms with van der Waals surface area (Å²) in [5.74, 6) is 0. The van der Waals surface area contributed by atoms with Gasteiger partial charge in [-0.3, -0.25) is 0 Å². The van der Waals surface area contributed by atoms with Crippen molar-refractivity contribution in [3.63, 3.8) is 0 Å². The van der Waals surface area contributed by atoms with Crippen molar-refractivity contribution in [1.82, 2.24) is 0 Å². The molecule has 1 nitrogen and oxygen atoms in total. The predicted octanol–water partition coefficient (Wildman–Crippen LogP) is 9.23. The lowest BCUT2D eigenvalue weighted by Gasteiger charge is -2.17. The quantitative estimate of drug-likeness (QED) is 0.247. The molecule has 7 aromatic rings. The van der Waals surface area contributed by atoms with Gasteiger partial charge in [-0.05, 0) is 38.7 Å². The van der Waals surface area contributed by atoms with Crippen molar-refractivity contribution in [3.05, 3.63) is 121 Å². The maximum Gasteiger partial charge on any atom is 0.143 e. The average molecular weight is 435 g/mol. The van der Waals surface area contributed by atoms with Crippen LogP contribution in [0.15, 0.2) is 125 Å². The summed E-state index contributed by atoms with van der Waals surface area (Å²) in [7, 11) is 0. The molecule has 1 heteroatoms. The van der Waals surface area contributed by atoms with Crippen LogP contribution in [0.3, 0.4) is 0 Å². The predicted molar refractivity (Wildman–Crippen MR) is 140 cm³/mol. The lowest BCUT2D eigenvalue weighted by molar-refractivity contribution is 0.670. The number of fused-ring (bicyclic) bond motifs is 5. The topological polar surface area (TPSA) is 13.1 Å². The van der Waals surface area contributed by atoms with Crippen LogP contribution in [-0.4, -0.2) is 0 Å². The second kappa shape index (κ2) is 7.08. The van der Waals surface area contributed by atoms with Gasteiger partial charge in [0.1, 0.15) is 11.2 Å². The highest BCUT2D eigenvalue weighted by Crippen LogP contribution is 2.46. The zero-order chi connectivity index (χ0) is 34.0. The fourth-order valence-corrected chi connectivity index (χ4v) is 4.42. The molecule has 0 saturated carbocycles. The Morgan fingerprint density at radius 1 is 0.455 bits per heavy atom. The smallest absolute Gasteiger partial charge is 0.143 e. The molecule has 7 rings (SSSR count). The van der Waals surface area contributed by atoms with Gasteiger partial charge in [0.15, 0.2) is 0 Å². The van der Waals surface area contributed by atoms with Gasteiger partial charge < -0.3 is 4.42 Å². The van der Waals surface area contributed by atoms with Gasteiger partial charge in [0, 0.05) is 21.9 Å². The summed E-state index contributed by atoms with van der Waals surface area (Å²) in [4.78, 5) is 0. The van der Waals surface area contributed by atoms with Gasteiger partial charge in [-0.25, -0.2) is 0 Å². The van der Waals surface area contributed by atoms with Crippen LogP contribution in [0.5, 0.6) is 0 Å². The molecule has 0 spiro atoms. The fourth-order valence-electron chi connectivity index (χ4n) is 4.42. The summed E-state index contributed by atoms with van der Waals surface area (Å²) >= 11 is 0. The number of hydrogen-bond acceptors (Lipinski definition) is 1. The van der Waals surface area contributed by atoms with Crippen molar-refractivity contribution >= 4 is 43.5 Å². The Morgan fingerprint density at radius 3 is 1.73 bits per heavy atom. The minimum atomic E-state index is -0.572. The molecule has 0 bridgehead atoms. The Balaban J connectivity index is 1.80. The van der Waals surface area contributed by atoms with Crippen molar-refractivity contribution in [2.45, 2.75) is 0 Å². The van der Waals surface area contributed by atoms with Gasteiger partial charge >= 0.3 is 0 Å². The van der Waals surface area contributed by atoms with E-state index in [0.717, 1.165) is 0 Å². The summed E-state index contributed by atoms with van der Waals surface area (Å²) in [5.41, 5.74) is 0.246. The SMILES string of the molecule is [2H]c1cc2c(-c3cc([2H])c([2H])c([2H])c3)c3cc([2H])c([2H])cc3c(-c3c([2H])c([2H])c([2H])c4c3oc3c([2H])c([2H])c([2H])c([2H])c34)c2cc1[2H]. The van der Waals surface area contributed by atoms with E-state index in [1.165, 1.54) is 36.4 Å². The van der Waals surface area contributed by atoms with Crippen molar-refractivity contribution in [2.75, 3.05) is 0 Å². The van der Waals surface area contributed by atoms with Gasteiger partial charge in [-0.1, -0.05) is 115 Å². The highest BCUT2D eigenvalue weighted by Gasteiger charge is 2.19. The van der Waals surface area contributed by atoms with Crippen molar-refractivity contribution in [3.8, 4) is 22.3 Å². The number of benzene rings is 6. The van der Waals surface area contributed by atoms with E-state index in [1.54, 1.807) is 0 Å². The third kappa shape index (κ3) is 2.66. The average Bonchev–Trinajstić information content (AvgIpc) is 3.42. The summed E-state index contributed by atoms with van der Waals surface area (Å²) in [6, 6.07) is 2.94. The summed E-state index contributed by atoms with van der Waals surface area (Å²) in [6.07, 6.45) is 0. The standard InChI is InChI=1S/C32H20O/c1-2-11-21(12-3-1)30-23-14-4-6-16-25(23)31(26-17-7-5-15-24(26)30)28-19-10-18-27-22-13-8-9-20-29(22)33-32(27)28/h1-20H/i1D,2D,3D,4D,5D,6D,7D,8D,9D,10D,13D,18D,19D,20D. The molecular weight excluding hydrogens is 400 g/mol. The van der Waals surface area contributed by atoms with Crippen LogP contribution in [0.1, 0.15) is 19.2 Å². The van der Waals surface area contributed by atoms with E-state index in [4.69, 9.17) is 23.6 Å². The van der Waals surface area contributed by atoms with Gasteiger partial charge in [-0.15, -0.1) is 0 Å². The minimum absolute atomic E-state index is 0.0891. The normalized spacial score (nSPS) is 17.6. The van der Waals surface area contributed by atoms with Crippen LogP contribution in [0.25, 0.3) is 65.7 Å². The molecule has 1 aromatic heterocycles. The van der Waals surface area contributed by atoms with Crippen molar-refractivity contribution in [2.24, 2.45) is 0 Å². The first-order valence-electron chi connectivity index (χ1n) is 17.1. The minimum Gasteiger partial charge on any atom is -0.455 e. The maximum absolute atomic E-state index is 9.09. The Hall–Kier alpha value is -4.36. The van der Waals surface area contributed by atoms with E-state index in [9.17, 15) is 0 Å². The Morgan fingerprint density at radius 2 is 1.03 bits per heavy atom. The van der Waals surface area contributed by atoms with Crippen LogP contribution in [-0.2, 0) is 0 Å². The molecule has 33 heavy (non-hydrogen) atoms. The lowest BCUT2D eigenvalue weighted by Crippen LogP contribution is -1.90. The van der Waals surface area contributed by atoms with Crippen molar-refractivity contribution < 1.29 is 23.6 Å². The van der Waals surface area contributed by atoms with E-state index in [1.807, 2.05) is 0 Å². The monoisotopic (exact) mass is 434 g/mol. The van der Waals surface area contributed by atoms with E-state index >= 15 is 0 Å². The number of hydrogen-bond donors (Lipinski definition) is 0. The summed E-state index contributed by atoms with van der Waals surface area (Å²) in [5, 5.41) is 0.828. The molecule has 154 valence electrons. The van der Waals surface area contributed by atoms with Crippen molar-refractivity contribution in [1.29, 1.82) is 0 Å². The molecule has 0 saturated heterocycles. The first-order valence-corrected chi connectivity index (χ1v) is 10.1. The van der Waals surface area contributed by atoms with Crippen LogP contribution < -0.4 is 0 Å². The fraction of sp³-hybridized carbons (Fsp3) is 0. The Labute approximate surface area is 211 Å². The highest BCUT2D eigenvalue weighted by atomic mass is 16.3. The zero-order valence-electron chi connectivity index (χ0n) is 30.9. The zero-order valence-corrected chi connectivity index (χ0v) is 16.9.